The van der Waals surface area contributed by atoms with Gasteiger partial charge in [-0.25, -0.2) is 9.79 Å². The van der Waals surface area contributed by atoms with Gasteiger partial charge < -0.3 is 4.74 Å². The molecule has 0 saturated carbocycles. The molecule has 0 spiro atoms. The number of esters is 1. The molecule has 1 heterocycles. The Morgan fingerprint density at radius 1 is 1.33 bits per heavy atom. The second-order valence-corrected chi connectivity index (χ2v) is 3.66. The lowest BCUT2D eigenvalue weighted by Crippen LogP contribution is -1.99. The van der Waals surface area contributed by atoms with Gasteiger partial charge in [-0.15, -0.1) is 12.6 Å². The van der Waals surface area contributed by atoms with Crippen LogP contribution in [0.4, 0.5) is 0 Å². The van der Waals surface area contributed by atoms with Crippen LogP contribution in [-0.4, -0.2) is 11.9 Å². The molecule has 0 unspecified atom stereocenters. The standard InChI is InChI=1S/C11H9NO2S/c1-7-12-10(11(13)14-7)6-8-2-4-9(15)5-3-8/h2-6,15H,1H3/b10-6-. The maximum Gasteiger partial charge on any atom is 0.363 e. The van der Waals surface area contributed by atoms with E-state index in [9.17, 15) is 4.79 Å². The maximum absolute atomic E-state index is 11.2. The summed E-state index contributed by atoms with van der Waals surface area (Å²) in [5.74, 6) is -0.0143. The first-order chi connectivity index (χ1) is 7.15. The number of carbonyl (C=O) groups is 1. The first-order valence-corrected chi connectivity index (χ1v) is 4.88. The van der Waals surface area contributed by atoms with Gasteiger partial charge in [-0.1, -0.05) is 12.1 Å². The van der Waals surface area contributed by atoms with Gasteiger partial charge in [0.25, 0.3) is 0 Å². The first-order valence-electron chi connectivity index (χ1n) is 4.43. The van der Waals surface area contributed by atoms with Crippen molar-refractivity contribution in [3.8, 4) is 0 Å². The van der Waals surface area contributed by atoms with Gasteiger partial charge in [0.15, 0.2) is 11.6 Å². The lowest BCUT2D eigenvalue weighted by Gasteiger charge is -1.94. The largest absolute Gasteiger partial charge is 0.407 e. The van der Waals surface area contributed by atoms with Crippen LogP contribution in [0.15, 0.2) is 39.9 Å². The summed E-state index contributed by atoms with van der Waals surface area (Å²) in [5, 5.41) is 0. The van der Waals surface area contributed by atoms with E-state index in [1.807, 2.05) is 24.3 Å². The molecule has 2 rings (SSSR count). The third kappa shape index (κ3) is 2.27. The zero-order chi connectivity index (χ0) is 10.8. The summed E-state index contributed by atoms with van der Waals surface area (Å²) < 4.78 is 4.80. The highest BCUT2D eigenvalue weighted by atomic mass is 32.1. The molecule has 0 aromatic heterocycles. The van der Waals surface area contributed by atoms with Crippen molar-refractivity contribution >= 4 is 30.6 Å². The van der Waals surface area contributed by atoms with Gasteiger partial charge in [0.1, 0.15) is 0 Å². The Bertz CT molecular complexity index is 460. The van der Waals surface area contributed by atoms with Crippen LogP contribution in [0.2, 0.25) is 0 Å². The Balaban J connectivity index is 2.31. The minimum atomic E-state index is -0.401. The molecule has 1 aliphatic heterocycles. The van der Waals surface area contributed by atoms with E-state index < -0.39 is 5.97 Å². The Kier molecular flexibility index (Phi) is 2.60. The van der Waals surface area contributed by atoms with E-state index in [0.29, 0.717) is 11.6 Å². The molecule has 0 N–H and O–H groups in total. The number of thiol groups is 1. The van der Waals surface area contributed by atoms with Crippen LogP contribution in [0, 0.1) is 0 Å². The van der Waals surface area contributed by atoms with E-state index >= 15 is 0 Å². The number of cyclic esters (lactones) is 1. The molecule has 4 heteroatoms. The molecule has 1 aliphatic rings. The van der Waals surface area contributed by atoms with Crippen molar-refractivity contribution in [1.82, 2.24) is 0 Å². The number of ether oxygens (including phenoxy) is 1. The van der Waals surface area contributed by atoms with Crippen LogP contribution in [-0.2, 0) is 9.53 Å². The van der Waals surface area contributed by atoms with Crippen molar-refractivity contribution < 1.29 is 9.53 Å². The van der Waals surface area contributed by atoms with Gasteiger partial charge in [0.2, 0.25) is 0 Å². The minimum absolute atomic E-state index is 0.333. The molecule has 0 amide bonds. The van der Waals surface area contributed by atoms with E-state index in [1.54, 1.807) is 13.0 Å². The SMILES string of the molecule is CC1=N/C(=C\c2ccc(S)cc2)C(=O)O1. The quantitative estimate of drug-likeness (QED) is 0.447. The maximum atomic E-state index is 11.2. The molecule has 1 aromatic carbocycles. The van der Waals surface area contributed by atoms with E-state index in [0.717, 1.165) is 10.5 Å². The Morgan fingerprint density at radius 3 is 2.53 bits per heavy atom. The number of carbonyl (C=O) groups excluding carboxylic acids is 1. The Labute approximate surface area is 92.9 Å². The smallest absolute Gasteiger partial charge is 0.363 e. The predicted octanol–water partition coefficient (Wildman–Crippen LogP) is 2.29. The predicted molar refractivity (Wildman–Crippen MR) is 60.9 cm³/mol. The topological polar surface area (TPSA) is 38.7 Å². The second kappa shape index (κ2) is 3.90. The number of aliphatic imine (C=N–C) groups is 1. The van der Waals surface area contributed by atoms with Crippen LogP contribution in [0.1, 0.15) is 12.5 Å². The Morgan fingerprint density at radius 2 is 2.00 bits per heavy atom. The molecule has 3 nitrogen and oxygen atoms in total. The van der Waals surface area contributed by atoms with E-state index in [4.69, 9.17) is 4.74 Å². The van der Waals surface area contributed by atoms with Gasteiger partial charge in [0.05, 0.1) is 0 Å². The van der Waals surface area contributed by atoms with Gasteiger partial charge >= 0.3 is 5.97 Å². The number of hydrogen-bond donors (Lipinski definition) is 1. The van der Waals surface area contributed by atoms with Crippen molar-refractivity contribution in [3.63, 3.8) is 0 Å². The summed E-state index contributed by atoms with van der Waals surface area (Å²) >= 11 is 4.17. The monoisotopic (exact) mass is 219 g/mol. The lowest BCUT2D eigenvalue weighted by atomic mass is 10.2. The molecule has 15 heavy (non-hydrogen) atoms. The molecule has 0 fully saturated rings. The number of benzene rings is 1. The summed E-state index contributed by atoms with van der Waals surface area (Å²) in [6.45, 7) is 1.65. The molecule has 0 bridgehead atoms. The van der Waals surface area contributed by atoms with Crippen molar-refractivity contribution in [2.75, 3.05) is 0 Å². The third-order valence-corrected chi connectivity index (χ3v) is 2.22. The van der Waals surface area contributed by atoms with Crippen LogP contribution < -0.4 is 0 Å². The van der Waals surface area contributed by atoms with Crippen LogP contribution in [0.3, 0.4) is 0 Å². The van der Waals surface area contributed by atoms with Gasteiger partial charge in [0, 0.05) is 11.8 Å². The van der Waals surface area contributed by atoms with Gasteiger partial charge in [-0.2, -0.15) is 0 Å². The molecule has 0 atom stereocenters. The minimum Gasteiger partial charge on any atom is -0.407 e. The van der Waals surface area contributed by atoms with Gasteiger partial charge in [-0.05, 0) is 23.8 Å². The molecular weight excluding hydrogens is 210 g/mol. The molecule has 1 aromatic rings. The fraction of sp³-hybridized carbons (Fsp3) is 0.0909. The fourth-order valence-corrected chi connectivity index (χ4v) is 1.39. The van der Waals surface area contributed by atoms with E-state index in [1.165, 1.54) is 0 Å². The molecule has 76 valence electrons. The van der Waals surface area contributed by atoms with Crippen molar-refractivity contribution in [2.45, 2.75) is 11.8 Å². The lowest BCUT2D eigenvalue weighted by molar-refractivity contribution is -0.130. The molecule has 0 aliphatic carbocycles. The average Bonchev–Trinajstić information content (AvgIpc) is 2.49. The fourth-order valence-electron chi connectivity index (χ4n) is 1.24. The average molecular weight is 219 g/mol. The van der Waals surface area contributed by atoms with Crippen LogP contribution >= 0.6 is 12.6 Å². The molecular formula is C11H9NO2S. The summed E-state index contributed by atoms with van der Waals surface area (Å²) in [5.41, 5.74) is 1.23. The Hall–Kier alpha value is -1.55. The van der Waals surface area contributed by atoms with Crippen molar-refractivity contribution in [2.24, 2.45) is 4.99 Å². The first kappa shape index (κ1) is 9.98. The summed E-state index contributed by atoms with van der Waals surface area (Å²) in [6.07, 6.45) is 1.69. The van der Waals surface area contributed by atoms with Crippen LogP contribution in [0.5, 0.6) is 0 Å². The molecule has 0 radical (unpaired) electrons. The highest BCUT2D eigenvalue weighted by Gasteiger charge is 2.19. The van der Waals surface area contributed by atoms with Gasteiger partial charge in [-0.3, -0.25) is 0 Å². The van der Waals surface area contributed by atoms with E-state index in [2.05, 4.69) is 17.6 Å². The number of hydrogen-bond acceptors (Lipinski definition) is 4. The zero-order valence-corrected chi connectivity index (χ0v) is 8.99. The number of rotatable bonds is 1. The third-order valence-electron chi connectivity index (χ3n) is 1.92. The van der Waals surface area contributed by atoms with Crippen molar-refractivity contribution in [3.05, 3.63) is 35.5 Å². The zero-order valence-electron chi connectivity index (χ0n) is 8.10. The second-order valence-electron chi connectivity index (χ2n) is 3.14. The van der Waals surface area contributed by atoms with Crippen molar-refractivity contribution in [1.29, 1.82) is 0 Å². The summed E-state index contributed by atoms with van der Waals surface area (Å²) in [4.78, 5) is 16.1. The summed E-state index contributed by atoms with van der Waals surface area (Å²) in [6, 6.07) is 7.44. The summed E-state index contributed by atoms with van der Waals surface area (Å²) in [7, 11) is 0. The van der Waals surface area contributed by atoms with E-state index in [-0.39, 0.29) is 0 Å². The molecule has 0 saturated heterocycles. The highest BCUT2D eigenvalue weighted by molar-refractivity contribution is 7.80. The normalized spacial score (nSPS) is 17.9. The highest BCUT2D eigenvalue weighted by Crippen LogP contribution is 2.16. The number of nitrogens with zero attached hydrogens (tertiary/aromatic N) is 1. The van der Waals surface area contributed by atoms with Crippen LogP contribution in [0.25, 0.3) is 6.08 Å².